The van der Waals surface area contributed by atoms with Gasteiger partial charge in [-0.2, -0.15) is 5.10 Å². The highest BCUT2D eigenvalue weighted by Crippen LogP contribution is 2.18. The maximum Gasteiger partial charge on any atom is 0.339 e. The number of rotatable bonds is 4. The van der Waals surface area contributed by atoms with Crippen LogP contribution in [-0.2, 0) is 4.79 Å². The van der Waals surface area contributed by atoms with E-state index < -0.39 is 6.03 Å². The summed E-state index contributed by atoms with van der Waals surface area (Å²) in [6, 6.07) is 5.36. The molecule has 0 aliphatic rings. The van der Waals surface area contributed by atoms with E-state index in [1.165, 1.54) is 6.92 Å². The minimum atomic E-state index is -0.416. The molecular weight excluding hydrogens is 242 g/mol. The summed E-state index contributed by atoms with van der Waals surface area (Å²) in [4.78, 5) is 22.6. The average molecular weight is 261 g/mol. The average Bonchev–Trinajstić information content (AvgIpc) is 2.30. The van der Waals surface area contributed by atoms with Crippen LogP contribution in [0, 0.1) is 13.8 Å². The van der Waals surface area contributed by atoms with Crippen LogP contribution in [-0.4, -0.2) is 17.5 Å². The normalized spacial score (nSPS) is 11.1. The number of hydrazone groups is 1. The maximum atomic E-state index is 11.7. The van der Waals surface area contributed by atoms with Crippen LogP contribution in [0.5, 0.6) is 0 Å². The van der Waals surface area contributed by atoms with E-state index in [1.54, 1.807) is 6.92 Å². The van der Waals surface area contributed by atoms with Gasteiger partial charge in [0, 0.05) is 17.8 Å². The molecule has 0 radical (unpaired) electrons. The fourth-order valence-corrected chi connectivity index (χ4v) is 1.70. The molecule has 1 aromatic carbocycles. The van der Waals surface area contributed by atoms with E-state index in [0.29, 0.717) is 5.71 Å². The van der Waals surface area contributed by atoms with Crippen molar-refractivity contribution in [3.8, 4) is 0 Å². The predicted octanol–water partition coefficient (Wildman–Crippen LogP) is 2.78. The number of para-hydroxylation sites is 1. The number of hydrogen-bond donors (Lipinski definition) is 2. The van der Waals surface area contributed by atoms with Crippen molar-refractivity contribution in [2.75, 3.05) is 5.32 Å². The Kier molecular flexibility index (Phi) is 5.23. The lowest BCUT2D eigenvalue weighted by molar-refractivity contribution is -0.115. The van der Waals surface area contributed by atoms with Gasteiger partial charge in [-0.25, -0.2) is 10.2 Å². The van der Waals surface area contributed by atoms with E-state index in [1.807, 2.05) is 32.0 Å². The number of nitrogens with one attached hydrogen (secondary N) is 2. The minimum absolute atomic E-state index is 0.0122. The number of nitrogens with zero attached hydrogens (tertiary/aromatic N) is 1. The Balaban J connectivity index is 2.64. The van der Waals surface area contributed by atoms with E-state index >= 15 is 0 Å². The first-order valence-electron chi connectivity index (χ1n) is 6.06. The first-order chi connectivity index (χ1) is 8.90. The number of benzene rings is 1. The van der Waals surface area contributed by atoms with Gasteiger partial charge < -0.3 is 5.32 Å². The lowest BCUT2D eigenvalue weighted by atomic mass is 10.1. The number of carbonyl (C=O) groups excluding carboxylic acids is 2. The van der Waals surface area contributed by atoms with Gasteiger partial charge >= 0.3 is 6.03 Å². The maximum absolute atomic E-state index is 11.7. The SMILES string of the molecule is CC(=O)C/C(C)=N\NC(=O)Nc1c(C)cccc1C. The zero-order valence-electron chi connectivity index (χ0n) is 11.7. The first kappa shape index (κ1) is 14.9. The molecule has 0 unspecified atom stereocenters. The standard InChI is InChI=1S/C14H19N3O2/c1-9-6-5-7-10(2)13(9)15-14(19)17-16-11(3)8-12(4)18/h5-7H,8H2,1-4H3,(H2,15,17,19)/b16-11-. The van der Waals surface area contributed by atoms with Crippen LogP contribution in [0.15, 0.2) is 23.3 Å². The Morgan fingerprint density at radius 1 is 1.16 bits per heavy atom. The molecule has 1 aromatic rings. The summed E-state index contributed by atoms with van der Waals surface area (Å²) in [6.07, 6.45) is 0.240. The predicted molar refractivity (Wildman–Crippen MR) is 76.5 cm³/mol. The van der Waals surface area contributed by atoms with Gasteiger partial charge in [-0.05, 0) is 38.8 Å². The van der Waals surface area contributed by atoms with Crippen molar-refractivity contribution in [2.45, 2.75) is 34.1 Å². The fourth-order valence-electron chi connectivity index (χ4n) is 1.70. The molecule has 19 heavy (non-hydrogen) atoms. The molecule has 0 atom stereocenters. The van der Waals surface area contributed by atoms with Gasteiger partial charge in [0.15, 0.2) is 0 Å². The number of hydrogen-bond acceptors (Lipinski definition) is 3. The molecule has 5 heteroatoms. The van der Waals surface area contributed by atoms with Gasteiger partial charge in [-0.15, -0.1) is 0 Å². The summed E-state index contributed by atoms with van der Waals surface area (Å²) in [6.45, 7) is 7.02. The van der Waals surface area contributed by atoms with Crippen molar-refractivity contribution < 1.29 is 9.59 Å². The minimum Gasteiger partial charge on any atom is -0.306 e. The van der Waals surface area contributed by atoms with Crippen molar-refractivity contribution in [1.82, 2.24) is 5.43 Å². The van der Waals surface area contributed by atoms with Crippen LogP contribution in [0.3, 0.4) is 0 Å². The van der Waals surface area contributed by atoms with Crippen molar-refractivity contribution in [3.05, 3.63) is 29.3 Å². The highest BCUT2D eigenvalue weighted by atomic mass is 16.2. The van der Waals surface area contributed by atoms with E-state index in [4.69, 9.17) is 0 Å². The van der Waals surface area contributed by atoms with Crippen molar-refractivity contribution in [3.63, 3.8) is 0 Å². The summed E-state index contributed by atoms with van der Waals surface area (Å²) in [7, 11) is 0. The molecule has 0 heterocycles. The largest absolute Gasteiger partial charge is 0.339 e. The second-order valence-corrected chi connectivity index (χ2v) is 4.56. The molecule has 1 rings (SSSR count). The monoisotopic (exact) mass is 261 g/mol. The van der Waals surface area contributed by atoms with Crippen LogP contribution in [0.4, 0.5) is 10.5 Å². The molecule has 2 N–H and O–H groups in total. The number of aryl methyl sites for hydroxylation is 2. The summed E-state index contributed by atoms with van der Waals surface area (Å²) in [5.41, 5.74) is 5.70. The molecule has 0 saturated heterocycles. The van der Waals surface area contributed by atoms with Gasteiger partial charge in [0.25, 0.3) is 0 Å². The summed E-state index contributed by atoms with van der Waals surface area (Å²) < 4.78 is 0. The molecule has 5 nitrogen and oxygen atoms in total. The van der Waals surface area contributed by atoms with E-state index in [9.17, 15) is 9.59 Å². The molecule has 0 aromatic heterocycles. The molecule has 0 aliphatic carbocycles. The van der Waals surface area contributed by atoms with Crippen LogP contribution in [0.2, 0.25) is 0 Å². The number of anilines is 1. The van der Waals surface area contributed by atoms with Gasteiger partial charge in [-0.3, -0.25) is 4.79 Å². The Bertz CT molecular complexity index is 501. The fraction of sp³-hybridized carbons (Fsp3) is 0.357. The first-order valence-corrected chi connectivity index (χ1v) is 6.06. The molecule has 2 amide bonds. The zero-order chi connectivity index (χ0) is 14.4. The summed E-state index contributed by atoms with van der Waals surface area (Å²) >= 11 is 0. The van der Waals surface area contributed by atoms with Gasteiger partial charge in [-0.1, -0.05) is 18.2 Å². The molecule has 0 aliphatic heterocycles. The summed E-state index contributed by atoms with van der Waals surface area (Å²) in [5.74, 6) is 0.0122. The van der Waals surface area contributed by atoms with Gasteiger partial charge in [0.2, 0.25) is 0 Å². The van der Waals surface area contributed by atoms with Crippen LogP contribution in [0.25, 0.3) is 0 Å². The van der Waals surface area contributed by atoms with Crippen LogP contribution >= 0.6 is 0 Å². The Hall–Kier alpha value is -2.17. The highest BCUT2D eigenvalue weighted by Gasteiger charge is 2.06. The van der Waals surface area contributed by atoms with Crippen molar-refractivity contribution in [2.24, 2.45) is 5.10 Å². The number of urea groups is 1. The lowest BCUT2D eigenvalue weighted by Crippen LogP contribution is -2.26. The van der Waals surface area contributed by atoms with E-state index in [2.05, 4.69) is 15.8 Å². The Morgan fingerprint density at radius 3 is 2.26 bits per heavy atom. The Morgan fingerprint density at radius 2 is 1.74 bits per heavy atom. The lowest BCUT2D eigenvalue weighted by Gasteiger charge is -2.10. The number of ketones is 1. The topological polar surface area (TPSA) is 70.6 Å². The van der Waals surface area contributed by atoms with E-state index in [-0.39, 0.29) is 12.2 Å². The third kappa shape index (κ3) is 4.91. The number of amides is 2. The van der Waals surface area contributed by atoms with Gasteiger partial charge in [0.1, 0.15) is 5.78 Å². The molecule has 0 fully saturated rings. The van der Waals surface area contributed by atoms with Crippen molar-refractivity contribution in [1.29, 1.82) is 0 Å². The quantitative estimate of drug-likeness (QED) is 0.646. The summed E-state index contributed by atoms with van der Waals surface area (Å²) in [5, 5.41) is 6.60. The van der Waals surface area contributed by atoms with Gasteiger partial charge in [0.05, 0.1) is 0 Å². The molecule has 0 spiro atoms. The number of Topliss-reactive ketones (excluding diaryl/α,β-unsaturated/α-hetero) is 1. The third-order valence-electron chi connectivity index (χ3n) is 2.57. The molecule has 0 saturated carbocycles. The second-order valence-electron chi connectivity index (χ2n) is 4.56. The highest BCUT2D eigenvalue weighted by molar-refractivity contribution is 6.00. The van der Waals surface area contributed by atoms with E-state index in [0.717, 1.165) is 16.8 Å². The second kappa shape index (κ2) is 6.68. The molecule has 0 bridgehead atoms. The number of carbonyl (C=O) groups is 2. The Labute approximate surface area is 113 Å². The van der Waals surface area contributed by atoms with Crippen LogP contribution < -0.4 is 10.7 Å². The van der Waals surface area contributed by atoms with Crippen molar-refractivity contribution >= 4 is 23.2 Å². The third-order valence-corrected chi connectivity index (χ3v) is 2.57. The smallest absolute Gasteiger partial charge is 0.306 e. The zero-order valence-corrected chi connectivity index (χ0v) is 11.7. The molecular formula is C14H19N3O2. The molecule has 102 valence electrons. The van der Waals surface area contributed by atoms with Crippen LogP contribution in [0.1, 0.15) is 31.4 Å².